The normalized spacial score (nSPS) is 22.5. The van der Waals surface area contributed by atoms with Crippen molar-refractivity contribution in [1.82, 2.24) is 19.2 Å². The van der Waals surface area contributed by atoms with Crippen LogP contribution < -0.4 is 4.72 Å². The van der Waals surface area contributed by atoms with Crippen LogP contribution in [0.4, 0.5) is 0 Å². The van der Waals surface area contributed by atoms with Crippen molar-refractivity contribution in [3.8, 4) is 0 Å². The van der Waals surface area contributed by atoms with Gasteiger partial charge in [0.15, 0.2) is 0 Å². The highest BCUT2D eigenvalue weighted by molar-refractivity contribution is 7.97. The predicted octanol–water partition coefficient (Wildman–Crippen LogP) is 4.58. The van der Waals surface area contributed by atoms with Gasteiger partial charge in [0.25, 0.3) is 0 Å². The predicted molar refractivity (Wildman–Crippen MR) is 127 cm³/mol. The van der Waals surface area contributed by atoms with Crippen LogP contribution >= 0.6 is 11.9 Å². The van der Waals surface area contributed by atoms with E-state index in [0.717, 1.165) is 32.8 Å². The maximum atomic E-state index is 5.73. The van der Waals surface area contributed by atoms with Gasteiger partial charge in [-0.05, 0) is 47.2 Å². The Morgan fingerprint density at radius 2 is 1.97 bits per heavy atom. The number of benzene rings is 2. The molecule has 0 saturated carbocycles. The molecule has 160 valence electrons. The second-order valence-corrected chi connectivity index (χ2v) is 9.88. The minimum Gasteiger partial charge on any atom is -0.381 e. The van der Waals surface area contributed by atoms with Crippen molar-refractivity contribution in [3.63, 3.8) is 0 Å². The van der Waals surface area contributed by atoms with Crippen LogP contribution in [0.5, 0.6) is 0 Å². The summed E-state index contributed by atoms with van der Waals surface area (Å²) in [6.45, 7) is 4.99. The van der Waals surface area contributed by atoms with Gasteiger partial charge in [0.1, 0.15) is 0 Å². The number of para-hydroxylation sites is 1. The summed E-state index contributed by atoms with van der Waals surface area (Å²) in [5.74, 6) is 1.36. The zero-order chi connectivity index (χ0) is 20.8. The maximum absolute atomic E-state index is 5.73. The van der Waals surface area contributed by atoms with E-state index in [-0.39, 0.29) is 0 Å². The Balaban J connectivity index is 1.26. The Kier molecular flexibility index (Phi) is 5.03. The Morgan fingerprint density at radius 1 is 1.13 bits per heavy atom. The molecular formula is C25H28N4OS. The molecule has 0 amide bonds. The summed E-state index contributed by atoms with van der Waals surface area (Å²) >= 11 is 1.73. The van der Waals surface area contributed by atoms with Crippen LogP contribution in [-0.4, -0.2) is 47.3 Å². The Hall–Kier alpha value is -2.25. The molecule has 3 atom stereocenters. The number of fused-ring (bicyclic) bond motifs is 3. The van der Waals surface area contributed by atoms with Crippen molar-refractivity contribution in [3.05, 3.63) is 66.5 Å². The van der Waals surface area contributed by atoms with Crippen molar-refractivity contribution in [2.75, 3.05) is 32.8 Å². The SMILES string of the molecule is Cn1cc(C(CNSc2ccc3cc[nH]c3c2)N2CC3COCC3C2)c2ccccc21. The largest absolute Gasteiger partial charge is 0.381 e. The lowest BCUT2D eigenvalue weighted by atomic mass is 10.0. The first kappa shape index (κ1) is 19.4. The van der Waals surface area contributed by atoms with Crippen LogP contribution in [0.1, 0.15) is 11.6 Å². The fraction of sp³-hybridized carbons (Fsp3) is 0.360. The monoisotopic (exact) mass is 432 g/mol. The van der Waals surface area contributed by atoms with Crippen molar-refractivity contribution >= 4 is 33.8 Å². The van der Waals surface area contributed by atoms with E-state index >= 15 is 0 Å². The summed E-state index contributed by atoms with van der Waals surface area (Å²) < 4.78 is 11.7. The number of hydrogen-bond donors (Lipinski definition) is 2. The van der Waals surface area contributed by atoms with Gasteiger partial charge in [-0.3, -0.25) is 9.62 Å². The minimum absolute atomic E-state index is 0.346. The van der Waals surface area contributed by atoms with E-state index in [1.54, 1.807) is 11.9 Å². The molecule has 4 aromatic rings. The lowest BCUT2D eigenvalue weighted by molar-refractivity contribution is 0.140. The van der Waals surface area contributed by atoms with Gasteiger partial charge in [0, 0.05) is 72.2 Å². The second-order valence-electron chi connectivity index (χ2n) is 8.92. The van der Waals surface area contributed by atoms with Crippen LogP contribution in [0.3, 0.4) is 0 Å². The molecule has 2 fully saturated rings. The van der Waals surface area contributed by atoms with E-state index in [9.17, 15) is 0 Å². The smallest absolute Gasteiger partial charge is 0.0510 e. The van der Waals surface area contributed by atoms with Gasteiger partial charge < -0.3 is 14.3 Å². The average Bonchev–Trinajstić information content (AvgIpc) is 3.55. The number of aryl methyl sites for hydroxylation is 1. The minimum atomic E-state index is 0.346. The molecule has 6 rings (SSSR count). The maximum Gasteiger partial charge on any atom is 0.0510 e. The van der Waals surface area contributed by atoms with Gasteiger partial charge >= 0.3 is 0 Å². The molecule has 2 N–H and O–H groups in total. The van der Waals surface area contributed by atoms with Gasteiger partial charge in [-0.25, -0.2) is 0 Å². The van der Waals surface area contributed by atoms with E-state index < -0.39 is 0 Å². The van der Waals surface area contributed by atoms with Crippen LogP contribution in [-0.2, 0) is 11.8 Å². The third kappa shape index (κ3) is 3.57. The highest BCUT2D eigenvalue weighted by atomic mass is 32.2. The zero-order valence-electron chi connectivity index (χ0n) is 17.8. The van der Waals surface area contributed by atoms with E-state index in [1.165, 1.54) is 32.3 Å². The summed E-state index contributed by atoms with van der Waals surface area (Å²) in [5.41, 5.74) is 3.91. The lowest BCUT2D eigenvalue weighted by Gasteiger charge is -2.29. The van der Waals surface area contributed by atoms with Crippen LogP contribution in [0.25, 0.3) is 21.8 Å². The van der Waals surface area contributed by atoms with Gasteiger partial charge in [-0.2, -0.15) is 0 Å². The standard InChI is InChI=1S/C25H28N4OS/c1-28-14-22(21-4-2-3-5-24(21)28)25(29-12-18-15-30-16-19(18)13-29)11-27-31-20-7-6-17-8-9-26-23(17)10-20/h2-10,14,18-19,25-27H,11-13,15-16H2,1H3. The number of H-pyrrole nitrogens is 1. The molecule has 3 unspecified atom stereocenters. The number of aromatic amines is 1. The quantitative estimate of drug-likeness (QED) is 0.438. The first-order valence-corrected chi connectivity index (χ1v) is 11.9. The first-order valence-electron chi connectivity index (χ1n) is 11.1. The fourth-order valence-corrected chi connectivity index (χ4v) is 6.07. The number of nitrogens with one attached hydrogen (secondary N) is 2. The van der Waals surface area contributed by atoms with Gasteiger partial charge in [-0.15, -0.1) is 0 Å². The number of rotatable bonds is 6. The molecule has 4 heterocycles. The van der Waals surface area contributed by atoms with E-state index in [4.69, 9.17) is 4.74 Å². The molecule has 2 saturated heterocycles. The molecule has 2 aliphatic rings. The Bertz CT molecular complexity index is 1200. The summed E-state index contributed by atoms with van der Waals surface area (Å²) in [4.78, 5) is 7.23. The number of aromatic nitrogens is 2. The lowest BCUT2D eigenvalue weighted by Crippen LogP contribution is -2.33. The summed E-state index contributed by atoms with van der Waals surface area (Å²) in [5, 5.41) is 2.62. The van der Waals surface area contributed by atoms with Crippen LogP contribution in [0, 0.1) is 11.8 Å². The molecular weight excluding hydrogens is 404 g/mol. The summed E-state index contributed by atoms with van der Waals surface area (Å²) in [7, 11) is 2.16. The topological polar surface area (TPSA) is 45.2 Å². The molecule has 2 aromatic heterocycles. The van der Waals surface area contributed by atoms with Gasteiger partial charge in [0.2, 0.25) is 0 Å². The Labute approximate surface area is 186 Å². The Morgan fingerprint density at radius 3 is 2.84 bits per heavy atom. The molecule has 0 spiro atoms. The number of ether oxygens (including phenoxy) is 1. The molecule has 5 nitrogen and oxygen atoms in total. The zero-order valence-corrected chi connectivity index (χ0v) is 18.6. The van der Waals surface area contributed by atoms with Gasteiger partial charge in [0.05, 0.1) is 19.3 Å². The number of likely N-dealkylation sites (tertiary alicyclic amines) is 1. The molecule has 0 aliphatic carbocycles. The molecule has 0 bridgehead atoms. The molecule has 31 heavy (non-hydrogen) atoms. The third-order valence-electron chi connectivity index (χ3n) is 6.99. The molecule has 0 radical (unpaired) electrons. The van der Waals surface area contributed by atoms with Crippen LogP contribution in [0.2, 0.25) is 0 Å². The third-order valence-corrected chi connectivity index (χ3v) is 7.79. The highest BCUT2D eigenvalue weighted by Gasteiger charge is 2.40. The van der Waals surface area contributed by atoms with E-state index in [2.05, 4.69) is 80.9 Å². The van der Waals surface area contributed by atoms with Crippen molar-refractivity contribution in [1.29, 1.82) is 0 Å². The summed E-state index contributed by atoms with van der Waals surface area (Å²) in [6, 6.07) is 17.8. The average molecular weight is 433 g/mol. The van der Waals surface area contributed by atoms with Crippen molar-refractivity contribution < 1.29 is 4.74 Å². The first-order chi connectivity index (χ1) is 15.3. The van der Waals surface area contributed by atoms with Gasteiger partial charge in [-0.1, -0.05) is 24.3 Å². The van der Waals surface area contributed by atoms with E-state index in [1.807, 2.05) is 6.20 Å². The number of hydrogen-bond acceptors (Lipinski definition) is 4. The summed E-state index contributed by atoms with van der Waals surface area (Å²) in [6.07, 6.45) is 4.33. The molecule has 2 aromatic carbocycles. The van der Waals surface area contributed by atoms with Crippen molar-refractivity contribution in [2.45, 2.75) is 10.9 Å². The molecule has 6 heteroatoms. The fourth-order valence-electron chi connectivity index (χ4n) is 5.35. The number of nitrogens with zero attached hydrogens (tertiary/aromatic N) is 2. The van der Waals surface area contributed by atoms with Crippen LogP contribution in [0.15, 0.2) is 65.8 Å². The van der Waals surface area contributed by atoms with Crippen molar-refractivity contribution in [2.24, 2.45) is 18.9 Å². The van der Waals surface area contributed by atoms with E-state index in [0.29, 0.717) is 17.9 Å². The molecule has 2 aliphatic heterocycles. The second kappa shape index (κ2) is 8.02. The highest BCUT2D eigenvalue weighted by Crippen LogP contribution is 2.37.